The van der Waals surface area contributed by atoms with E-state index >= 15 is 0 Å². The number of nitrogens with one attached hydrogen (secondary N) is 2. The van der Waals surface area contributed by atoms with E-state index in [4.69, 9.17) is 17.3 Å². The van der Waals surface area contributed by atoms with Crippen molar-refractivity contribution >= 4 is 39.3 Å². The molecule has 0 spiro atoms. The fourth-order valence-electron chi connectivity index (χ4n) is 1.65. The summed E-state index contributed by atoms with van der Waals surface area (Å²) in [5.41, 5.74) is 6.06. The molecule has 1 aromatic heterocycles. The summed E-state index contributed by atoms with van der Waals surface area (Å²) in [5, 5.41) is 7.70. The molecule has 1 aromatic carbocycles. The standard InChI is InChI=1S/C13H13ClN4O3S/c1-8-11(12(13(15)19)17-16-8)18-22(20,21)7-6-9-2-4-10(14)5-3-9/h2-7,18H,1H3,(H2,15,19)(H,16,17). The molecule has 0 fully saturated rings. The van der Waals surface area contributed by atoms with Gasteiger partial charge >= 0.3 is 0 Å². The highest BCUT2D eigenvalue weighted by Crippen LogP contribution is 2.19. The molecule has 2 rings (SSSR count). The summed E-state index contributed by atoms with van der Waals surface area (Å²) >= 11 is 5.75. The molecule has 0 radical (unpaired) electrons. The predicted molar refractivity (Wildman–Crippen MR) is 84.9 cm³/mol. The maximum atomic E-state index is 12.0. The summed E-state index contributed by atoms with van der Waals surface area (Å²) in [7, 11) is -3.82. The highest BCUT2D eigenvalue weighted by atomic mass is 35.5. The van der Waals surface area contributed by atoms with Gasteiger partial charge < -0.3 is 5.73 Å². The van der Waals surface area contributed by atoms with Crippen LogP contribution < -0.4 is 10.5 Å². The second kappa shape index (κ2) is 6.20. The molecule has 0 atom stereocenters. The van der Waals surface area contributed by atoms with Gasteiger partial charge in [0, 0.05) is 5.02 Å². The smallest absolute Gasteiger partial charge is 0.271 e. The van der Waals surface area contributed by atoms with Crippen LogP contribution in [0, 0.1) is 6.92 Å². The molecule has 0 aliphatic rings. The van der Waals surface area contributed by atoms with Crippen LogP contribution in [0.3, 0.4) is 0 Å². The first-order valence-corrected chi connectivity index (χ1v) is 8.02. The molecule has 22 heavy (non-hydrogen) atoms. The van der Waals surface area contributed by atoms with Gasteiger partial charge in [-0.05, 0) is 30.7 Å². The molecular formula is C13H13ClN4O3S. The third-order valence-corrected chi connectivity index (χ3v) is 3.97. The largest absolute Gasteiger partial charge is 0.364 e. The fraction of sp³-hybridized carbons (Fsp3) is 0.0769. The molecule has 0 aliphatic carbocycles. The van der Waals surface area contributed by atoms with Crippen LogP contribution in [0.4, 0.5) is 5.69 Å². The topological polar surface area (TPSA) is 118 Å². The van der Waals surface area contributed by atoms with Crippen molar-refractivity contribution in [3.05, 3.63) is 51.6 Å². The van der Waals surface area contributed by atoms with Crippen molar-refractivity contribution in [2.75, 3.05) is 4.72 Å². The van der Waals surface area contributed by atoms with Crippen molar-refractivity contribution < 1.29 is 13.2 Å². The third kappa shape index (κ3) is 3.86. The van der Waals surface area contributed by atoms with E-state index in [9.17, 15) is 13.2 Å². The van der Waals surface area contributed by atoms with Crippen LogP contribution in [0.5, 0.6) is 0 Å². The zero-order valence-corrected chi connectivity index (χ0v) is 13.1. The molecule has 116 valence electrons. The summed E-state index contributed by atoms with van der Waals surface area (Å²) in [6.45, 7) is 1.57. The minimum atomic E-state index is -3.82. The van der Waals surface area contributed by atoms with Crippen LogP contribution in [0.1, 0.15) is 21.7 Å². The van der Waals surface area contributed by atoms with Crippen LogP contribution in [0.2, 0.25) is 5.02 Å². The van der Waals surface area contributed by atoms with Crippen LogP contribution in [-0.4, -0.2) is 24.5 Å². The van der Waals surface area contributed by atoms with E-state index in [0.717, 1.165) is 5.41 Å². The number of nitrogens with two attached hydrogens (primary N) is 1. The lowest BCUT2D eigenvalue weighted by molar-refractivity contribution is 0.0996. The molecule has 0 bridgehead atoms. The Hall–Kier alpha value is -2.32. The number of amides is 1. The van der Waals surface area contributed by atoms with Crippen LogP contribution >= 0.6 is 11.6 Å². The number of nitrogens with zero attached hydrogens (tertiary/aromatic N) is 1. The van der Waals surface area contributed by atoms with Gasteiger partial charge in [0.05, 0.1) is 11.1 Å². The van der Waals surface area contributed by atoms with Gasteiger partial charge in [0.2, 0.25) is 0 Å². The Balaban J connectivity index is 2.23. The molecule has 2 aromatic rings. The quantitative estimate of drug-likeness (QED) is 0.770. The Labute approximate surface area is 132 Å². The van der Waals surface area contributed by atoms with Crippen molar-refractivity contribution in [1.82, 2.24) is 10.2 Å². The van der Waals surface area contributed by atoms with Crippen LogP contribution in [-0.2, 0) is 10.0 Å². The van der Waals surface area contributed by atoms with Crippen molar-refractivity contribution in [3.63, 3.8) is 0 Å². The Bertz CT molecular complexity index is 825. The summed E-state index contributed by atoms with van der Waals surface area (Å²) in [6, 6.07) is 6.64. The Morgan fingerprint density at radius 1 is 1.36 bits per heavy atom. The van der Waals surface area contributed by atoms with Crippen LogP contribution in [0.25, 0.3) is 6.08 Å². The molecule has 0 saturated carbocycles. The molecule has 0 aliphatic heterocycles. The number of rotatable bonds is 5. The number of anilines is 1. The van der Waals surface area contributed by atoms with E-state index in [1.54, 1.807) is 31.2 Å². The second-order valence-electron chi connectivity index (χ2n) is 4.44. The summed E-state index contributed by atoms with van der Waals surface area (Å²) < 4.78 is 26.4. The highest BCUT2D eigenvalue weighted by molar-refractivity contribution is 7.95. The molecule has 0 saturated heterocycles. The SMILES string of the molecule is Cc1[nH]nc(C(N)=O)c1NS(=O)(=O)C=Cc1ccc(Cl)cc1. The number of aromatic amines is 1. The maximum absolute atomic E-state index is 12.0. The number of hydrogen-bond acceptors (Lipinski definition) is 4. The van der Waals surface area contributed by atoms with E-state index in [0.29, 0.717) is 16.3 Å². The van der Waals surface area contributed by atoms with Gasteiger partial charge in [0.25, 0.3) is 15.9 Å². The number of benzene rings is 1. The van der Waals surface area contributed by atoms with E-state index in [2.05, 4.69) is 14.9 Å². The molecule has 1 amide bonds. The average molecular weight is 341 g/mol. The van der Waals surface area contributed by atoms with E-state index in [1.165, 1.54) is 6.08 Å². The number of aromatic nitrogens is 2. The van der Waals surface area contributed by atoms with Crippen molar-refractivity contribution in [1.29, 1.82) is 0 Å². The first kappa shape index (κ1) is 16.1. The van der Waals surface area contributed by atoms with E-state index < -0.39 is 15.9 Å². The number of hydrogen-bond donors (Lipinski definition) is 3. The molecular weight excluding hydrogens is 328 g/mol. The number of H-pyrrole nitrogens is 1. The normalized spacial score (nSPS) is 11.7. The number of primary amides is 1. The number of aryl methyl sites for hydroxylation is 1. The lowest BCUT2D eigenvalue weighted by Gasteiger charge is -2.04. The lowest BCUT2D eigenvalue weighted by atomic mass is 10.2. The average Bonchev–Trinajstić information content (AvgIpc) is 2.79. The van der Waals surface area contributed by atoms with Gasteiger partial charge in [0.15, 0.2) is 5.69 Å². The minimum absolute atomic E-state index is 0.0354. The third-order valence-electron chi connectivity index (χ3n) is 2.73. The van der Waals surface area contributed by atoms with Gasteiger partial charge in [-0.15, -0.1) is 0 Å². The predicted octanol–water partition coefficient (Wildman–Crippen LogP) is 1.88. The summed E-state index contributed by atoms with van der Waals surface area (Å²) in [4.78, 5) is 11.2. The monoisotopic (exact) mass is 340 g/mol. The zero-order valence-electron chi connectivity index (χ0n) is 11.5. The Kier molecular flexibility index (Phi) is 4.53. The van der Waals surface area contributed by atoms with Gasteiger partial charge in [-0.25, -0.2) is 8.42 Å². The summed E-state index contributed by atoms with van der Waals surface area (Å²) in [5.74, 6) is -0.830. The first-order valence-electron chi connectivity index (χ1n) is 6.10. The first-order chi connectivity index (χ1) is 10.3. The second-order valence-corrected chi connectivity index (χ2v) is 6.44. The van der Waals surface area contributed by atoms with Gasteiger partial charge in [-0.2, -0.15) is 5.10 Å². The number of carbonyl (C=O) groups is 1. The molecule has 4 N–H and O–H groups in total. The van der Waals surface area contributed by atoms with E-state index in [1.807, 2.05) is 0 Å². The van der Waals surface area contributed by atoms with Gasteiger partial charge in [-0.3, -0.25) is 14.6 Å². The Morgan fingerprint density at radius 2 is 2.00 bits per heavy atom. The minimum Gasteiger partial charge on any atom is -0.364 e. The van der Waals surface area contributed by atoms with Crippen LogP contribution in [0.15, 0.2) is 29.7 Å². The number of sulfonamides is 1. The maximum Gasteiger partial charge on any atom is 0.271 e. The Morgan fingerprint density at radius 3 is 2.59 bits per heavy atom. The molecule has 1 heterocycles. The van der Waals surface area contributed by atoms with Crippen molar-refractivity contribution in [3.8, 4) is 0 Å². The summed E-state index contributed by atoms with van der Waals surface area (Å²) in [6.07, 6.45) is 1.40. The molecule has 0 unspecified atom stereocenters. The van der Waals surface area contributed by atoms with Crippen molar-refractivity contribution in [2.24, 2.45) is 5.73 Å². The number of halogens is 1. The molecule has 7 nitrogen and oxygen atoms in total. The van der Waals surface area contributed by atoms with Crippen molar-refractivity contribution in [2.45, 2.75) is 6.92 Å². The fourth-order valence-corrected chi connectivity index (χ4v) is 2.72. The highest BCUT2D eigenvalue weighted by Gasteiger charge is 2.18. The number of carbonyl (C=O) groups excluding carboxylic acids is 1. The van der Waals surface area contributed by atoms with E-state index in [-0.39, 0.29) is 11.4 Å². The van der Waals surface area contributed by atoms with Gasteiger partial charge in [0.1, 0.15) is 5.69 Å². The molecule has 9 heteroatoms. The zero-order chi connectivity index (χ0) is 16.3. The van der Waals surface area contributed by atoms with Gasteiger partial charge in [-0.1, -0.05) is 23.7 Å². The lowest BCUT2D eigenvalue weighted by Crippen LogP contribution is -2.17.